The summed E-state index contributed by atoms with van der Waals surface area (Å²) in [6, 6.07) is 1.80. The number of halogens is 2. The lowest BCUT2D eigenvalue weighted by Crippen LogP contribution is -1.72. The summed E-state index contributed by atoms with van der Waals surface area (Å²) < 4.78 is 5.54. The van der Waals surface area contributed by atoms with E-state index in [0.29, 0.717) is 14.7 Å². The Kier molecular flexibility index (Phi) is 2.33. The number of hydrogen-bond donors (Lipinski definition) is 0. The molecule has 0 aromatic carbocycles. The van der Waals surface area contributed by atoms with Gasteiger partial charge in [-0.05, 0) is 11.4 Å². The molecule has 0 bridgehead atoms. The third-order valence-corrected chi connectivity index (χ3v) is 2.98. The molecular formula is C6H2ClIN2OS. The third-order valence-electron chi connectivity index (χ3n) is 1.21. The molecule has 62 valence electrons. The summed E-state index contributed by atoms with van der Waals surface area (Å²) in [6.07, 6.45) is 0. The van der Waals surface area contributed by atoms with Crippen LogP contribution in [-0.2, 0) is 0 Å². The van der Waals surface area contributed by atoms with Gasteiger partial charge in [0, 0.05) is 22.6 Å². The first-order chi connectivity index (χ1) is 5.77. The third kappa shape index (κ3) is 1.48. The Morgan fingerprint density at radius 1 is 1.58 bits per heavy atom. The minimum absolute atomic E-state index is 0.486. The van der Waals surface area contributed by atoms with Crippen LogP contribution in [0.1, 0.15) is 0 Å². The molecule has 0 spiro atoms. The highest BCUT2D eigenvalue weighted by molar-refractivity contribution is 14.1. The van der Waals surface area contributed by atoms with E-state index in [0.717, 1.165) is 4.88 Å². The van der Waals surface area contributed by atoms with Crippen LogP contribution in [0.25, 0.3) is 10.8 Å². The van der Waals surface area contributed by atoms with Gasteiger partial charge in [-0.1, -0.05) is 16.8 Å². The molecule has 3 nitrogen and oxygen atoms in total. The van der Waals surface area contributed by atoms with Gasteiger partial charge in [-0.3, -0.25) is 0 Å². The van der Waals surface area contributed by atoms with Crippen molar-refractivity contribution in [1.82, 2.24) is 10.1 Å². The van der Waals surface area contributed by atoms with E-state index >= 15 is 0 Å². The molecule has 2 aromatic rings. The van der Waals surface area contributed by atoms with Gasteiger partial charge in [-0.25, -0.2) is 0 Å². The van der Waals surface area contributed by atoms with E-state index in [-0.39, 0.29) is 0 Å². The van der Waals surface area contributed by atoms with Gasteiger partial charge in [0.15, 0.2) is 0 Å². The average Bonchev–Trinajstić information content (AvgIpc) is 2.58. The van der Waals surface area contributed by atoms with E-state index in [1.54, 1.807) is 6.07 Å². The fourth-order valence-electron chi connectivity index (χ4n) is 0.744. The molecule has 0 aliphatic carbocycles. The van der Waals surface area contributed by atoms with Crippen molar-refractivity contribution in [3.05, 3.63) is 20.3 Å². The Balaban J connectivity index is 2.50. The molecular weight excluding hydrogens is 311 g/mol. The standard InChI is InChI=1S/C6H2ClIN2OS/c7-3-1-2-12-4(3)5-9-6(8)10-11-5/h1-2H. The quantitative estimate of drug-likeness (QED) is 0.760. The minimum Gasteiger partial charge on any atom is -0.332 e. The van der Waals surface area contributed by atoms with Crippen LogP contribution in [0.5, 0.6) is 0 Å². The van der Waals surface area contributed by atoms with Gasteiger partial charge in [-0.2, -0.15) is 4.98 Å². The predicted molar refractivity (Wildman–Crippen MR) is 55.3 cm³/mol. The van der Waals surface area contributed by atoms with Crippen molar-refractivity contribution >= 4 is 45.5 Å². The minimum atomic E-state index is 0.486. The van der Waals surface area contributed by atoms with E-state index in [1.165, 1.54) is 11.3 Å². The maximum Gasteiger partial charge on any atom is 0.270 e. The van der Waals surface area contributed by atoms with Crippen molar-refractivity contribution in [2.24, 2.45) is 0 Å². The highest BCUT2D eigenvalue weighted by atomic mass is 127. The van der Waals surface area contributed by atoms with Crippen molar-refractivity contribution in [3.8, 4) is 10.8 Å². The average molecular weight is 313 g/mol. The zero-order chi connectivity index (χ0) is 8.55. The van der Waals surface area contributed by atoms with E-state index in [2.05, 4.69) is 10.1 Å². The van der Waals surface area contributed by atoms with E-state index < -0.39 is 0 Å². The SMILES string of the molecule is Clc1ccsc1-c1nc(I)no1. The van der Waals surface area contributed by atoms with Gasteiger partial charge >= 0.3 is 0 Å². The first-order valence-electron chi connectivity index (χ1n) is 3.00. The van der Waals surface area contributed by atoms with E-state index in [4.69, 9.17) is 16.1 Å². The normalized spacial score (nSPS) is 10.5. The fraction of sp³-hybridized carbons (Fsp3) is 0. The van der Waals surface area contributed by atoms with Gasteiger partial charge < -0.3 is 4.52 Å². The monoisotopic (exact) mass is 312 g/mol. The Labute approximate surface area is 90.9 Å². The van der Waals surface area contributed by atoms with Crippen molar-refractivity contribution in [2.45, 2.75) is 0 Å². The molecule has 12 heavy (non-hydrogen) atoms. The lowest BCUT2D eigenvalue weighted by molar-refractivity contribution is 0.426. The van der Waals surface area contributed by atoms with Crippen LogP contribution in [0, 0.1) is 3.83 Å². The molecule has 0 N–H and O–H groups in total. The number of nitrogens with zero attached hydrogens (tertiary/aromatic N) is 2. The molecule has 2 rings (SSSR count). The van der Waals surface area contributed by atoms with Crippen molar-refractivity contribution in [3.63, 3.8) is 0 Å². The highest BCUT2D eigenvalue weighted by Crippen LogP contribution is 2.31. The second kappa shape index (κ2) is 3.31. The van der Waals surface area contributed by atoms with Crippen LogP contribution in [0.3, 0.4) is 0 Å². The van der Waals surface area contributed by atoms with Crippen LogP contribution in [-0.4, -0.2) is 10.1 Å². The maximum atomic E-state index is 5.86. The Morgan fingerprint density at radius 2 is 2.42 bits per heavy atom. The first-order valence-corrected chi connectivity index (χ1v) is 5.33. The van der Waals surface area contributed by atoms with E-state index in [1.807, 2.05) is 28.0 Å². The van der Waals surface area contributed by atoms with Crippen LogP contribution < -0.4 is 0 Å². The molecule has 0 atom stereocenters. The molecule has 2 heterocycles. The summed E-state index contributed by atoms with van der Waals surface area (Å²) in [5.41, 5.74) is 0. The topological polar surface area (TPSA) is 38.9 Å². The molecule has 0 unspecified atom stereocenters. The maximum absolute atomic E-state index is 5.86. The first kappa shape index (κ1) is 8.46. The molecule has 0 saturated heterocycles. The summed E-state index contributed by atoms with van der Waals surface area (Å²) in [5.74, 6) is 0.486. The Hall–Kier alpha value is -0.140. The van der Waals surface area contributed by atoms with Crippen LogP contribution in [0.2, 0.25) is 5.02 Å². The van der Waals surface area contributed by atoms with Crippen LogP contribution in [0.15, 0.2) is 16.0 Å². The van der Waals surface area contributed by atoms with Crippen molar-refractivity contribution in [2.75, 3.05) is 0 Å². The Morgan fingerprint density at radius 3 is 2.92 bits per heavy atom. The second-order valence-corrected chi connectivity index (χ2v) is 4.25. The molecule has 0 fully saturated rings. The van der Waals surface area contributed by atoms with Crippen molar-refractivity contribution < 1.29 is 4.52 Å². The zero-order valence-corrected chi connectivity index (χ0v) is 9.35. The highest BCUT2D eigenvalue weighted by Gasteiger charge is 2.11. The van der Waals surface area contributed by atoms with Gasteiger partial charge in [-0.15, -0.1) is 11.3 Å². The fourth-order valence-corrected chi connectivity index (χ4v) is 2.12. The van der Waals surface area contributed by atoms with Crippen LogP contribution in [0.4, 0.5) is 0 Å². The lowest BCUT2D eigenvalue weighted by Gasteiger charge is -1.85. The summed E-state index contributed by atoms with van der Waals surface area (Å²) in [5, 5.41) is 6.20. The molecule has 2 aromatic heterocycles. The summed E-state index contributed by atoms with van der Waals surface area (Å²) in [7, 11) is 0. The predicted octanol–water partition coefficient (Wildman–Crippen LogP) is 3.06. The number of thiophene rings is 1. The molecule has 0 aliphatic heterocycles. The summed E-state index contributed by atoms with van der Waals surface area (Å²) in [4.78, 5) is 4.87. The molecule has 0 radical (unpaired) electrons. The van der Waals surface area contributed by atoms with Crippen LogP contribution >= 0.6 is 45.5 Å². The Bertz CT molecular complexity index is 400. The van der Waals surface area contributed by atoms with Gasteiger partial charge in [0.1, 0.15) is 4.88 Å². The molecule has 0 aliphatic rings. The van der Waals surface area contributed by atoms with Gasteiger partial charge in [0.05, 0.1) is 5.02 Å². The number of aromatic nitrogens is 2. The number of hydrogen-bond acceptors (Lipinski definition) is 4. The molecule has 0 amide bonds. The van der Waals surface area contributed by atoms with Gasteiger partial charge in [0.2, 0.25) is 3.83 Å². The lowest BCUT2D eigenvalue weighted by atomic mass is 10.5. The number of rotatable bonds is 1. The summed E-state index contributed by atoms with van der Waals surface area (Å²) >= 11 is 9.33. The largest absolute Gasteiger partial charge is 0.332 e. The van der Waals surface area contributed by atoms with Crippen molar-refractivity contribution in [1.29, 1.82) is 0 Å². The zero-order valence-electron chi connectivity index (χ0n) is 5.62. The summed E-state index contributed by atoms with van der Waals surface area (Å²) in [6.45, 7) is 0. The van der Waals surface area contributed by atoms with Gasteiger partial charge in [0.25, 0.3) is 5.89 Å². The molecule has 6 heteroatoms. The molecule has 0 saturated carbocycles. The van der Waals surface area contributed by atoms with E-state index in [9.17, 15) is 0 Å². The smallest absolute Gasteiger partial charge is 0.270 e. The second-order valence-electron chi connectivity index (χ2n) is 1.97.